The maximum Gasteiger partial charge on any atom is 0.185 e. The Kier molecular flexibility index (Phi) is 4.85. The first-order valence-electron chi connectivity index (χ1n) is 6.92. The van der Waals surface area contributed by atoms with Crippen molar-refractivity contribution in [3.63, 3.8) is 0 Å². The highest BCUT2D eigenvalue weighted by Gasteiger charge is 2.24. The number of imidazole rings is 1. The molecule has 0 saturated carbocycles. The molecule has 2 N–H and O–H groups in total. The minimum absolute atomic E-state index is 0.152. The molecule has 1 aromatic carbocycles. The predicted molar refractivity (Wildman–Crippen MR) is 80.0 cm³/mol. The van der Waals surface area contributed by atoms with Crippen molar-refractivity contribution in [2.75, 3.05) is 7.05 Å². The minimum Gasteiger partial charge on any atom is -0.333 e. The van der Waals surface area contributed by atoms with Crippen molar-refractivity contribution in [1.82, 2.24) is 9.55 Å². The summed E-state index contributed by atoms with van der Waals surface area (Å²) in [6.07, 6.45) is 5.66. The lowest BCUT2D eigenvalue weighted by atomic mass is 9.95. The van der Waals surface area contributed by atoms with Crippen molar-refractivity contribution >= 4 is 6.29 Å². The number of aryl methyl sites for hydroxylation is 1. The quantitative estimate of drug-likeness (QED) is 0.854. The van der Waals surface area contributed by atoms with Crippen LogP contribution in [0.2, 0.25) is 0 Å². The van der Waals surface area contributed by atoms with E-state index in [9.17, 15) is 4.79 Å². The summed E-state index contributed by atoms with van der Waals surface area (Å²) in [7, 11) is 1.50. The van der Waals surface area contributed by atoms with E-state index in [0.717, 1.165) is 36.8 Å². The van der Waals surface area contributed by atoms with E-state index >= 15 is 0 Å². The van der Waals surface area contributed by atoms with Crippen molar-refractivity contribution in [3.8, 4) is 6.07 Å². The summed E-state index contributed by atoms with van der Waals surface area (Å²) in [6, 6.07) is 9.84. The lowest BCUT2D eigenvalue weighted by molar-refractivity contribution is 0.110. The van der Waals surface area contributed by atoms with Gasteiger partial charge in [-0.1, -0.05) is 12.1 Å². The van der Waals surface area contributed by atoms with Gasteiger partial charge in [-0.3, -0.25) is 4.79 Å². The molecule has 2 heterocycles. The summed E-state index contributed by atoms with van der Waals surface area (Å²) in [4.78, 5) is 15.3. The first kappa shape index (κ1) is 14.9. The van der Waals surface area contributed by atoms with Crippen LogP contribution in [0.4, 0.5) is 0 Å². The van der Waals surface area contributed by atoms with E-state index < -0.39 is 0 Å². The van der Waals surface area contributed by atoms with E-state index in [0.29, 0.717) is 11.4 Å². The lowest BCUT2D eigenvalue weighted by Crippen LogP contribution is -2.20. The molecule has 21 heavy (non-hydrogen) atoms. The van der Waals surface area contributed by atoms with Crippen LogP contribution in [0.5, 0.6) is 0 Å². The zero-order valence-corrected chi connectivity index (χ0v) is 12.0. The largest absolute Gasteiger partial charge is 0.333 e. The molecule has 0 aliphatic carbocycles. The van der Waals surface area contributed by atoms with Gasteiger partial charge in [-0.2, -0.15) is 5.26 Å². The summed E-state index contributed by atoms with van der Waals surface area (Å²) in [5.74, 6) is 0.490. The van der Waals surface area contributed by atoms with Crippen LogP contribution in [0.15, 0.2) is 30.5 Å². The lowest BCUT2D eigenvalue weighted by Gasteiger charge is -2.26. The van der Waals surface area contributed by atoms with Gasteiger partial charge < -0.3 is 10.3 Å². The van der Waals surface area contributed by atoms with Crippen LogP contribution < -0.4 is 5.73 Å². The van der Waals surface area contributed by atoms with E-state index in [2.05, 4.69) is 16.8 Å². The number of hydrogen-bond acceptors (Lipinski definition) is 4. The summed E-state index contributed by atoms with van der Waals surface area (Å²) in [6.45, 7) is 0. The Labute approximate surface area is 124 Å². The number of carbonyl (C=O) groups is 1. The molecule has 0 spiro atoms. The Morgan fingerprint density at radius 1 is 1.38 bits per heavy atom. The smallest absolute Gasteiger partial charge is 0.185 e. The molecule has 2 aromatic rings. The van der Waals surface area contributed by atoms with Gasteiger partial charge in [0, 0.05) is 11.9 Å². The Bertz CT molecular complexity index is 652. The maximum absolute atomic E-state index is 11.1. The van der Waals surface area contributed by atoms with Crippen molar-refractivity contribution in [3.05, 3.63) is 53.1 Å². The topological polar surface area (TPSA) is 84.7 Å². The Morgan fingerprint density at radius 2 is 2.10 bits per heavy atom. The van der Waals surface area contributed by atoms with Crippen LogP contribution in [0, 0.1) is 11.3 Å². The van der Waals surface area contributed by atoms with Crippen LogP contribution >= 0.6 is 0 Å². The summed E-state index contributed by atoms with van der Waals surface area (Å²) >= 11 is 0. The van der Waals surface area contributed by atoms with Gasteiger partial charge in [-0.15, -0.1) is 0 Å². The Morgan fingerprint density at radius 3 is 2.71 bits per heavy atom. The van der Waals surface area contributed by atoms with E-state index in [1.165, 1.54) is 7.05 Å². The van der Waals surface area contributed by atoms with E-state index in [4.69, 9.17) is 5.26 Å². The fourth-order valence-electron chi connectivity index (χ4n) is 2.75. The molecule has 108 valence electrons. The number of carbonyl (C=O) groups excluding carboxylic acids is 1. The number of nitrogens with two attached hydrogens (primary N) is 1. The Balaban J connectivity index is 0.000000774. The Hall–Kier alpha value is -2.45. The minimum atomic E-state index is 0.152. The van der Waals surface area contributed by atoms with Crippen LogP contribution in [-0.4, -0.2) is 22.9 Å². The molecule has 0 radical (unpaired) electrons. The van der Waals surface area contributed by atoms with Crippen LogP contribution in [0.3, 0.4) is 0 Å². The van der Waals surface area contributed by atoms with Gasteiger partial charge in [0.1, 0.15) is 0 Å². The third-order valence-corrected chi connectivity index (χ3v) is 3.65. The van der Waals surface area contributed by atoms with Crippen molar-refractivity contribution in [2.24, 2.45) is 5.73 Å². The molecule has 0 fully saturated rings. The first-order chi connectivity index (χ1) is 10.3. The van der Waals surface area contributed by atoms with Gasteiger partial charge in [-0.25, -0.2) is 4.98 Å². The number of aromatic nitrogens is 2. The fourth-order valence-corrected chi connectivity index (χ4v) is 2.75. The van der Waals surface area contributed by atoms with E-state index in [1.807, 2.05) is 28.8 Å². The highest BCUT2D eigenvalue weighted by molar-refractivity contribution is 5.69. The highest BCUT2D eigenvalue weighted by atomic mass is 16.1. The molecule has 1 aliphatic heterocycles. The molecule has 1 unspecified atom stereocenters. The highest BCUT2D eigenvalue weighted by Crippen LogP contribution is 2.31. The van der Waals surface area contributed by atoms with E-state index in [-0.39, 0.29) is 6.04 Å². The third-order valence-electron chi connectivity index (χ3n) is 3.65. The second-order valence-electron chi connectivity index (χ2n) is 4.74. The zero-order valence-electron chi connectivity index (χ0n) is 12.0. The number of nitriles is 1. The van der Waals surface area contributed by atoms with Gasteiger partial charge in [0.05, 0.1) is 17.7 Å². The molecule has 0 amide bonds. The van der Waals surface area contributed by atoms with Gasteiger partial charge in [0.15, 0.2) is 12.1 Å². The number of rotatable bonds is 2. The second kappa shape index (κ2) is 6.82. The fraction of sp³-hybridized carbons (Fsp3) is 0.312. The van der Waals surface area contributed by atoms with Gasteiger partial charge in [-0.05, 0) is 44.0 Å². The van der Waals surface area contributed by atoms with E-state index in [1.54, 1.807) is 6.20 Å². The SMILES string of the molecule is CN.N#Cc1ccc(C2CCCc3cnc(C=O)n32)cc1. The first-order valence-corrected chi connectivity index (χ1v) is 6.92. The third kappa shape index (κ3) is 2.86. The monoisotopic (exact) mass is 282 g/mol. The summed E-state index contributed by atoms with van der Waals surface area (Å²) in [5.41, 5.74) is 7.39. The molecule has 1 aromatic heterocycles. The number of aldehydes is 1. The average Bonchev–Trinajstić information content (AvgIpc) is 3.00. The van der Waals surface area contributed by atoms with Gasteiger partial charge in [0.25, 0.3) is 0 Å². The summed E-state index contributed by atoms with van der Waals surface area (Å²) < 4.78 is 2.03. The molecule has 1 atom stereocenters. The van der Waals surface area contributed by atoms with Crippen LogP contribution in [0.1, 0.15) is 46.3 Å². The van der Waals surface area contributed by atoms with Gasteiger partial charge >= 0.3 is 0 Å². The molecule has 3 rings (SSSR count). The number of nitrogens with zero attached hydrogens (tertiary/aromatic N) is 3. The normalized spacial score (nSPS) is 16.1. The summed E-state index contributed by atoms with van der Waals surface area (Å²) in [5, 5.41) is 8.83. The van der Waals surface area contributed by atoms with Crippen molar-refractivity contribution in [1.29, 1.82) is 5.26 Å². The van der Waals surface area contributed by atoms with Gasteiger partial charge in [0.2, 0.25) is 0 Å². The van der Waals surface area contributed by atoms with Crippen molar-refractivity contribution in [2.45, 2.75) is 25.3 Å². The maximum atomic E-state index is 11.1. The van der Waals surface area contributed by atoms with Crippen LogP contribution in [-0.2, 0) is 6.42 Å². The molecule has 1 aliphatic rings. The molecule has 5 nitrogen and oxygen atoms in total. The molecule has 0 bridgehead atoms. The average molecular weight is 282 g/mol. The van der Waals surface area contributed by atoms with Crippen LogP contribution in [0.25, 0.3) is 0 Å². The standard InChI is InChI=1S/C15H13N3O.CH5N/c16-8-11-4-6-12(7-5-11)14-3-1-2-13-9-17-15(10-19)18(13)14;1-2/h4-7,9-10,14H,1-3H2;2H2,1H3. The zero-order chi connectivity index (χ0) is 15.2. The predicted octanol–water partition coefficient (Wildman–Crippen LogP) is 2.07. The molecule has 5 heteroatoms. The number of benzene rings is 1. The molecular formula is C16H18N4O. The molecule has 0 saturated heterocycles. The van der Waals surface area contributed by atoms with Crippen molar-refractivity contribution < 1.29 is 4.79 Å². The number of fused-ring (bicyclic) bond motifs is 1. The number of hydrogen-bond donors (Lipinski definition) is 1. The molecular weight excluding hydrogens is 264 g/mol. The second-order valence-corrected chi connectivity index (χ2v) is 4.74.